The van der Waals surface area contributed by atoms with E-state index in [-0.39, 0.29) is 28.8 Å². The first-order chi connectivity index (χ1) is 12.1. The Hall–Kier alpha value is -2.28. The highest BCUT2D eigenvalue weighted by atomic mass is 32.2. The van der Waals surface area contributed by atoms with Gasteiger partial charge in [0.15, 0.2) is 5.78 Å². The minimum atomic E-state index is -0.641. The number of ketones is 1. The Morgan fingerprint density at radius 3 is 2.42 bits per heavy atom. The van der Waals surface area contributed by atoms with Crippen LogP contribution < -0.4 is 17.0 Å². The number of carbonyl (C=O) groups is 1. The zero-order chi connectivity index (χ0) is 19.6. The lowest BCUT2D eigenvalue weighted by atomic mass is 10.1. The number of aryl methyl sites for hydroxylation is 2. The van der Waals surface area contributed by atoms with Crippen LogP contribution in [0.15, 0.2) is 32.7 Å². The Morgan fingerprint density at radius 1 is 1.19 bits per heavy atom. The summed E-state index contributed by atoms with van der Waals surface area (Å²) in [6, 6.07) is 5.95. The summed E-state index contributed by atoms with van der Waals surface area (Å²) < 4.78 is 2.26. The van der Waals surface area contributed by atoms with Crippen LogP contribution in [-0.2, 0) is 13.6 Å². The zero-order valence-corrected chi connectivity index (χ0v) is 16.6. The molecule has 0 spiro atoms. The van der Waals surface area contributed by atoms with Crippen molar-refractivity contribution in [1.29, 1.82) is 0 Å². The molecule has 0 aliphatic heterocycles. The molecule has 1 aromatic heterocycles. The molecule has 2 N–H and O–H groups in total. The minimum Gasteiger partial charge on any atom is -0.384 e. The topological polar surface area (TPSA) is 87.1 Å². The van der Waals surface area contributed by atoms with E-state index in [1.165, 1.54) is 28.9 Å². The van der Waals surface area contributed by atoms with Gasteiger partial charge in [0, 0.05) is 18.5 Å². The number of hydrogen-bond donors (Lipinski definition) is 1. The number of carbonyl (C=O) groups excluding carboxylic acids is 1. The highest BCUT2D eigenvalue weighted by Gasteiger charge is 2.21. The fraction of sp³-hybridized carbons (Fsp3) is 0.421. The van der Waals surface area contributed by atoms with Crippen LogP contribution in [0, 0.1) is 19.8 Å². The molecule has 2 aromatic rings. The maximum Gasteiger partial charge on any atom is 0.332 e. The standard InChI is InChI=1S/C19H25N3O3S/c1-11(2)9-22-17(20)16(18(24)21(5)19(22)25)15(23)10-26-14-7-6-12(3)13(4)8-14/h6-8,11H,9-10,20H2,1-5H3. The zero-order valence-electron chi connectivity index (χ0n) is 15.8. The third-order valence-corrected chi connectivity index (χ3v) is 5.25. The van der Waals surface area contributed by atoms with Gasteiger partial charge in [-0.1, -0.05) is 19.9 Å². The quantitative estimate of drug-likeness (QED) is 0.619. The van der Waals surface area contributed by atoms with Crippen LogP contribution >= 0.6 is 11.8 Å². The summed E-state index contributed by atoms with van der Waals surface area (Å²) in [6.45, 7) is 8.26. The summed E-state index contributed by atoms with van der Waals surface area (Å²) >= 11 is 1.35. The average Bonchev–Trinajstić information content (AvgIpc) is 2.58. The number of hydrogen-bond acceptors (Lipinski definition) is 5. The monoisotopic (exact) mass is 375 g/mol. The van der Waals surface area contributed by atoms with E-state index in [0.29, 0.717) is 6.54 Å². The first kappa shape index (κ1) is 20.0. The third kappa shape index (κ3) is 4.09. The van der Waals surface area contributed by atoms with Crippen LogP contribution in [0.3, 0.4) is 0 Å². The van der Waals surface area contributed by atoms with Crippen LogP contribution in [0.2, 0.25) is 0 Å². The van der Waals surface area contributed by atoms with E-state index in [1.807, 2.05) is 45.9 Å². The average molecular weight is 375 g/mol. The lowest BCUT2D eigenvalue weighted by Gasteiger charge is -2.16. The van der Waals surface area contributed by atoms with Gasteiger partial charge in [-0.3, -0.25) is 18.7 Å². The van der Waals surface area contributed by atoms with Crippen molar-refractivity contribution in [2.45, 2.75) is 39.1 Å². The van der Waals surface area contributed by atoms with Gasteiger partial charge in [-0.25, -0.2) is 4.79 Å². The van der Waals surface area contributed by atoms with Crippen LogP contribution in [0.1, 0.15) is 35.3 Å². The lowest BCUT2D eigenvalue weighted by Crippen LogP contribution is -2.43. The molecule has 0 saturated heterocycles. The molecule has 0 aliphatic rings. The second-order valence-corrected chi connectivity index (χ2v) is 7.92. The van der Waals surface area contributed by atoms with Gasteiger partial charge in [0.1, 0.15) is 11.4 Å². The second kappa shape index (κ2) is 7.95. The van der Waals surface area contributed by atoms with Crippen molar-refractivity contribution in [3.8, 4) is 0 Å². The molecule has 0 unspecified atom stereocenters. The van der Waals surface area contributed by atoms with Gasteiger partial charge in [0.2, 0.25) is 0 Å². The molecule has 0 amide bonds. The van der Waals surface area contributed by atoms with Gasteiger partial charge >= 0.3 is 5.69 Å². The number of anilines is 1. The molecule has 1 aromatic carbocycles. The van der Waals surface area contributed by atoms with Gasteiger partial charge in [-0.2, -0.15) is 0 Å². The van der Waals surface area contributed by atoms with Gasteiger partial charge in [-0.15, -0.1) is 11.8 Å². The molecule has 0 saturated carbocycles. The number of thioether (sulfide) groups is 1. The second-order valence-electron chi connectivity index (χ2n) is 6.87. The Labute approximate surface area is 157 Å². The van der Waals surface area contributed by atoms with E-state index in [9.17, 15) is 14.4 Å². The summed E-state index contributed by atoms with van der Waals surface area (Å²) in [5.41, 5.74) is 7.11. The Kier molecular flexibility index (Phi) is 6.13. The van der Waals surface area contributed by atoms with E-state index in [2.05, 4.69) is 0 Å². The summed E-state index contributed by atoms with van der Waals surface area (Å²) in [7, 11) is 1.37. The Morgan fingerprint density at radius 2 is 1.85 bits per heavy atom. The fourth-order valence-corrected chi connectivity index (χ4v) is 3.48. The molecule has 7 heteroatoms. The molecular formula is C19H25N3O3S. The third-order valence-electron chi connectivity index (χ3n) is 4.26. The Bertz CT molecular complexity index is 958. The van der Waals surface area contributed by atoms with Crippen molar-refractivity contribution < 1.29 is 4.79 Å². The smallest absolute Gasteiger partial charge is 0.332 e. The summed E-state index contributed by atoms with van der Waals surface area (Å²) in [5.74, 6) is -0.177. The van der Waals surface area contributed by atoms with Crippen LogP contribution in [0.4, 0.5) is 5.82 Å². The highest BCUT2D eigenvalue weighted by molar-refractivity contribution is 8.00. The SMILES string of the molecule is Cc1ccc(SCC(=O)c2c(N)n(CC(C)C)c(=O)n(C)c2=O)cc1C. The van der Waals surface area contributed by atoms with E-state index in [4.69, 9.17) is 5.73 Å². The van der Waals surface area contributed by atoms with E-state index in [0.717, 1.165) is 15.0 Å². The lowest BCUT2D eigenvalue weighted by molar-refractivity contribution is 0.102. The number of nitrogen functional groups attached to an aromatic ring is 1. The number of benzene rings is 1. The Balaban J connectivity index is 2.36. The first-order valence-corrected chi connectivity index (χ1v) is 9.44. The normalized spacial score (nSPS) is 11.2. The maximum atomic E-state index is 12.7. The van der Waals surface area contributed by atoms with E-state index >= 15 is 0 Å². The molecule has 0 fully saturated rings. The van der Waals surface area contributed by atoms with Crippen molar-refractivity contribution in [3.05, 3.63) is 55.7 Å². The fourth-order valence-electron chi connectivity index (χ4n) is 2.61. The van der Waals surface area contributed by atoms with Gasteiger partial charge < -0.3 is 5.73 Å². The van der Waals surface area contributed by atoms with Crippen LogP contribution in [0.5, 0.6) is 0 Å². The highest BCUT2D eigenvalue weighted by Crippen LogP contribution is 2.22. The molecule has 6 nitrogen and oxygen atoms in total. The van der Waals surface area contributed by atoms with Gasteiger partial charge in [0.05, 0.1) is 5.75 Å². The number of nitrogens with zero attached hydrogens (tertiary/aromatic N) is 2. The number of aromatic nitrogens is 2. The van der Waals surface area contributed by atoms with Gasteiger partial charge in [-0.05, 0) is 43.0 Å². The van der Waals surface area contributed by atoms with Crippen LogP contribution in [-0.4, -0.2) is 20.7 Å². The number of rotatable bonds is 6. The van der Waals surface area contributed by atoms with Crippen molar-refractivity contribution in [1.82, 2.24) is 9.13 Å². The van der Waals surface area contributed by atoms with Crippen LogP contribution in [0.25, 0.3) is 0 Å². The number of Topliss-reactive ketones (excluding diaryl/α,β-unsaturated/α-hetero) is 1. The van der Waals surface area contributed by atoms with Crippen molar-refractivity contribution >= 4 is 23.4 Å². The van der Waals surface area contributed by atoms with Crippen molar-refractivity contribution in [2.75, 3.05) is 11.5 Å². The number of nitrogens with two attached hydrogens (primary N) is 1. The van der Waals surface area contributed by atoms with E-state index < -0.39 is 11.2 Å². The molecular weight excluding hydrogens is 350 g/mol. The molecule has 1 heterocycles. The minimum absolute atomic E-state index is 0.0440. The summed E-state index contributed by atoms with van der Waals surface area (Å²) in [4.78, 5) is 38.4. The summed E-state index contributed by atoms with van der Waals surface area (Å²) in [5, 5.41) is 0. The van der Waals surface area contributed by atoms with Crippen molar-refractivity contribution in [3.63, 3.8) is 0 Å². The van der Waals surface area contributed by atoms with Gasteiger partial charge in [0.25, 0.3) is 5.56 Å². The maximum absolute atomic E-state index is 12.7. The molecule has 0 bridgehead atoms. The first-order valence-electron chi connectivity index (χ1n) is 8.46. The predicted molar refractivity (Wildman–Crippen MR) is 106 cm³/mol. The molecule has 0 radical (unpaired) electrons. The predicted octanol–water partition coefficient (Wildman–Crippen LogP) is 2.38. The molecule has 0 aliphatic carbocycles. The molecule has 0 atom stereocenters. The molecule has 2 rings (SSSR count). The molecule has 140 valence electrons. The van der Waals surface area contributed by atoms with Crippen molar-refractivity contribution in [2.24, 2.45) is 13.0 Å². The molecule has 26 heavy (non-hydrogen) atoms. The largest absolute Gasteiger partial charge is 0.384 e. The van der Waals surface area contributed by atoms with E-state index in [1.54, 1.807) is 0 Å². The summed E-state index contributed by atoms with van der Waals surface area (Å²) in [6.07, 6.45) is 0.